The van der Waals surface area contributed by atoms with Gasteiger partial charge >= 0.3 is 0 Å². The maximum Gasteiger partial charge on any atom is 0.168 e. The number of aliphatic hydroxyl groups excluding tert-OH is 2. The number of hydrogen-bond donors (Lipinski definition) is 2. The van der Waals surface area contributed by atoms with Crippen molar-refractivity contribution in [2.45, 2.75) is 78.1 Å². The standard InChI is InChI=1S/C28H36N2O6/c1-5-21(29-35-7-3)27-23(31)13-19(14-24(27)32)17-9-11-18(12-10-17)20-15-25(33)28(26(34)16-20)22(6-2)30-36-8-4/h9-12,19-20,31,33H,5-8,13-16H2,1-4H3. The molecule has 0 bridgehead atoms. The van der Waals surface area contributed by atoms with Gasteiger partial charge in [0.15, 0.2) is 11.6 Å². The number of ketones is 2. The van der Waals surface area contributed by atoms with E-state index in [-0.39, 0.29) is 58.9 Å². The first-order chi connectivity index (χ1) is 17.3. The molecule has 0 radical (unpaired) electrons. The molecule has 0 aromatic heterocycles. The molecular weight excluding hydrogens is 460 g/mol. The summed E-state index contributed by atoms with van der Waals surface area (Å²) in [5, 5.41) is 29.3. The first-order valence-corrected chi connectivity index (χ1v) is 12.7. The van der Waals surface area contributed by atoms with Gasteiger partial charge in [0.25, 0.3) is 0 Å². The highest BCUT2D eigenvalue weighted by Gasteiger charge is 2.33. The molecule has 0 amide bonds. The molecule has 0 fully saturated rings. The lowest BCUT2D eigenvalue weighted by Gasteiger charge is -2.26. The highest BCUT2D eigenvalue weighted by Crippen LogP contribution is 2.38. The van der Waals surface area contributed by atoms with Crippen molar-refractivity contribution in [1.29, 1.82) is 0 Å². The van der Waals surface area contributed by atoms with E-state index in [1.807, 2.05) is 52.0 Å². The summed E-state index contributed by atoms with van der Waals surface area (Å²) in [4.78, 5) is 36.0. The number of nitrogens with zero attached hydrogens (tertiary/aromatic N) is 2. The Bertz CT molecular complexity index is 1010. The Morgan fingerprint density at radius 1 is 0.722 bits per heavy atom. The van der Waals surface area contributed by atoms with Crippen LogP contribution in [0.2, 0.25) is 0 Å². The lowest BCUT2D eigenvalue weighted by atomic mass is 9.78. The van der Waals surface area contributed by atoms with Crippen LogP contribution in [-0.4, -0.2) is 46.4 Å². The Labute approximate surface area is 212 Å². The summed E-state index contributed by atoms with van der Waals surface area (Å²) in [6.07, 6.45) is 2.23. The van der Waals surface area contributed by atoms with Crippen molar-refractivity contribution in [3.05, 3.63) is 58.1 Å². The molecule has 36 heavy (non-hydrogen) atoms. The molecule has 3 rings (SSSR count). The average Bonchev–Trinajstić information content (AvgIpc) is 2.87. The SMILES string of the molecule is CCON=C(CC)C1=C(O)CC(c2ccc(C3CC(=O)C(C(CC)=NOCC)=C(O)C3)cc2)CC1=O. The van der Waals surface area contributed by atoms with Gasteiger partial charge in [-0.2, -0.15) is 0 Å². The van der Waals surface area contributed by atoms with Gasteiger partial charge in [-0.25, -0.2) is 0 Å². The van der Waals surface area contributed by atoms with Crippen LogP contribution in [0.4, 0.5) is 0 Å². The van der Waals surface area contributed by atoms with Gasteiger partial charge in [0.05, 0.1) is 22.6 Å². The zero-order chi connectivity index (χ0) is 26.2. The van der Waals surface area contributed by atoms with Gasteiger partial charge < -0.3 is 19.9 Å². The van der Waals surface area contributed by atoms with Gasteiger partial charge in [0, 0.05) is 25.7 Å². The summed E-state index contributed by atoms with van der Waals surface area (Å²) in [6, 6.07) is 7.76. The summed E-state index contributed by atoms with van der Waals surface area (Å²) >= 11 is 0. The number of carbonyl (C=O) groups excluding carboxylic acids is 2. The van der Waals surface area contributed by atoms with E-state index in [4.69, 9.17) is 9.68 Å². The Hall–Kier alpha value is -3.42. The van der Waals surface area contributed by atoms with E-state index in [1.54, 1.807) is 0 Å². The summed E-state index contributed by atoms with van der Waals surface area (Å²) in [5.41, 5.74) is 3.38. The van der Waals surface area contributed by atoms with E-state index in [1.165, 1.54) is 0 Å². The zero-order valence-corrected chi connectivity index (χ0v) is 21.5. The molecule has 2 atom stereocenters. The fourth-order valence-electron chi connectivity index (χ4n) is 4.81. The average molecular weight is 497 g/mol. The van der Waals surface area contributed by atoms with Gasteiger partial charge in [-0.05, 0) is 49.7 Å². The fraction of sp³-hybridized carbons (Fsp3) is 0.500. The van der Waals surface area contributed by atoms with E-state index >= 15 is 0 Å². The largest absolute Gasteiger partial charge is 0.511 e. The van der Waals surface area contributed by atoms with Gasteiger partial charge in [-0.1, -0.05) is 48.4 Å². The van der Waals surface area contributed by atoms with Crippen LogP contribution in [0.3, 0.4) is 0 Å². The summed E-state index contributed by atoms with van der Waals surface area (Å²) in [5.74, 6) is -0.489. The molecule has 0 saturated heterocycles. The van der Waals surface area contributed by atoms with Crippen molar-refractivity contribution in [2.75, 3.05) is 13.2 Å². The summed E-state index contributed by atoms with van der Waals surface area (Å²) in [7, 11) is 0. The predicted molar refractivity (Wildman–Crippen MR) is 138 cm³/mol. The number of oxime groups is 2. The molecular formula is C28H36N2O6. The van der Waals surface area contributed by atoms with Crippen molar-refractivity contribution < 1.29 is 29.5 Å². The number of benzene rings is 1. The van der Waals surface area contributed by atoms with Crippen LogP contribution in [-0.2, 0) is 19.3 Å². The maximum absolute atomic E-state index is 12.9. The second kappa shape index (κ2) is 12.5. The van der Waals surface area contributed by atoms with Gasteiger partial charge in [-0.3, -0.25) is 9.59 Å². The lowest BCUT2D eigenvalue weighted by Crippen LogP contribution is -2.24. The van der Waals surface area contributed by atoms with Crippen molar-refractivity contribution in [1.82, 2.24) is 0 Å². The second-order valence-electron chi connectivity index (χ2n) is 8.99. The van der Waals surface area contributed by atoms with Gasteiger partial charge in [0.2, 0.25) is 0 Å². The quantitative estimate of drug-likeness (QED) is 0.312. The zero-order valence-electron chi connectivity index (χ0n) is 21.5. The molecule has 2 aliphatic rings. The third-order valence-electron chi connectivity index (χ3n) is 6.61. The van der Waals surface area contributed by atoms with Crippen molar-refractivity contribution >= 4 is 23.0 Å². The molecule has 0 spiro atoms. The molecule has 1 aromatic carbocycles. The molecule has 2 aliphatic carbocycles. The Morgan fingerprint density at radius 3 is 1.36 bits per heavy atom. The molecule has 2 unspecified atom stereocenters. The first-order valence-electron chi connectivity index (χ1n) is 12.7. The minimum absolute atomic E-state index is 0.0431. The Kier molecular flexibility index (Phi) is 9.44. The molecule has 0 aliphatic heterocycles. The van der Waals surface area contributed by atoms with Gasteiger partial charge in [-0.15, -0.1) is 0 Å². The Morgan fingerprint density at radius 2 is 1.08 bits per heavy atom. The smallest absolute Gasteiger partial charge is 0.168 e. The van der Waals surface area contributed by atoms with Crippen molar-refractivity contribution in [2.24, 2.45) is 10.3 Å². The summed E-state index contributed by atoms with van der Waals surface area (Å²) in [6.45, 7) is 8.15. The number of rotatable bonds is 10. The van der Waals surface area contributed by atoms with Crippen LogP contribution in [0.15, 0.2) is 57.2 Å². The Balaban J connectivity index is 1.76. The van der Waals surface area contributed by atoms with E-state index < -0.39 is 0 Å². The van der Waals surface area contributed by atoms with Crippen LogP contribution in [0.1, 0.15) is 89.2 Å². The van der Waals surface area contributed by atoms with Gasteiger partial charge in [0.1, 0.15) is 24.7 Å². The molecule has 8 nitrogen and oxygen atoms in total. The lowest BCUT2D eigenvalue weighted by molar-refractivity contribution is -0.117. The number of allylic oxidation sites excluding steroid dienone is 4. The van der Waals surface area contributed by atoms with Crippen LogP contribution in [0.5, 0.6) is 0 Å². The second-order valence-corrected chi connectivity index (χ2v) is 8.99. The molecule has 8 heteroatoms. The van der Waals surface area contributed by atoms with E-state index in [0.29, 0.717) is 50.3 Å². The molecule has 2 N–H and O–H groups in total. The predicted octanol–water partition coefficient (Wildman–Crippen LogP) is 5.81. The number of aliphatic hydroxyl groups is 2. The van der Waals surface area contributed by atoms with Crippen LogP contribution < -0.4 is 0 Å². The molecule has 1 aromatic rings. The van der Waals surface area contributed by atoms with E-state index in [0.717, 1.165) is 11.1 Å². The van der Waals surface area contributed by atoms with Crippen molar-refractivity contribution in [3.63, 3.8) is 0 Å². The minimum Gasteiger partial charge on any atom is -0.511 e. The minimum atomic E-state index is -0.144. The van der Waals surface area contributed by atoms with Crippen LogP contribution >= 0.6 is 0 Å². The molecule has 194 valence electrons. The maximum atomic E-state index is 12.9. The fourth-order valence-corrected chi connectivity index (χ4v) is 4.81. The number of hydrogen-bond acceptors (Lipinski definition) is 8. The van der Waals surface area contributed by atoms with Crippen molar-refractivity contribution in [3.8, 4) is 0 Å². The number of carbonyl (C=O) groups is 2. The van der Waals surface area contributed by atoms with E-state index in [2.05, 4.69) is 10.3 Å². The highest BCUT2D eigenvalue weighted by molar-refractivity contribution is 6.23. The monoisotopic (exact) mass is 496 g/mol. The summed E-state index contributed by atoms with van der Waals surface area (Å²) < 4.78 is 0. The first kappa shape index (κ1) is 27.2. The molecule has 0 saturated carbocycles. The topological polar surface area (TPSA) is 118 Å². The normalized spacial score (nSPS) is 21.8. The van der Waals surface area contributed by atoms with Crippen LogP contribution in [0.25, 0.3) is 0 Å². The van der Waals surface area contributed by atoms with Crippen LogP contribution in [0, 0.1) is 0 Å². The van der Waals surface area contributed by atoms with E-state index in [9.17, 15) is 19.8 Å². The molecule has 0 heterocycles. The number of Topliss-reactive ketones (excluding diaryl/α,β-unsaturated/α-hetero) is 2. The highest BCUT2D eigenvalue weighted by atomic mass is 16.6. The third-order valence-corrected chi connectivity index (χ3v) is 6.61. The third kappa shape index (κ3) is 6.04.